The number of hydrogen-bond donors (Lipinski definition) is 3. The Bertz CT molecular complexity index is 624. The average Bonchev–Trinajstić information content (AvgIpc) is 2.44. The zero-order chi connectivity index (χ0) is 15.0. The van der Waals surface area contributed by atoms with Crippen LogP contribution in [0.25, 0.3) is 0 Å². The van der Waals surface area contributed by atoms with Crippen LogP contribution in [-0.2, 0) is 11.2 Å². The Kier molecular flexibility index (Phi) is 3.91. The topological polar surface area (TPSA) is 69.6 Å². The molecule has 21 heavy (non-hydrogen) atoms. The molecule has 0 amide bonds. The van der Waals surface area contributed by atoms with Crippen LogP contribution < -0.4 is 5.32 Å². The molecule has 1 atom stereocenters. The minimum Gasteiger partial charge on any atom is -0.504 e. The largest absolute Gasteiger partial charge is 0.504 e. The number of halogens is 1. The summed E-state index contributed by atoms with van der Waals surface area (Å²) in [5.41, 5.74) is 3.40. The van der Waals surface area contributed by atoms with Crippen LogP contribution in [0.2, 0.25) is 5.02 Å². The maximum Gasteiger partial charge on any atom is 0.158 e. The molecule has 0 saturated carbocycles. The number of nitrogens with one attached hydrogen (secondary N) is 1. The molecule has 1 aromatic carbocycles. The summed E-state index contributed by atoms with van der Waals surface area (Å²) in [6.45, 7) is 0.860. The number of aromatic hydroxyl groups is 2. The summed E-state index contributed by atoms with van der Waals surface area (Å²) in [5.74, 6) is -0.0311. The normalized spacial score (nSPS) is 22.3. The van der Waals surface area contributed by atoms with Gasteiger partial charge in [-0.2, -0.15) is 0 Å². The van der Waals surface area contributed by atoms with Crippen molar-refractivity contribution in [3.63, 3.8) is 0 Å². The molecule has 112 valence electrons. The van der Waals surface area contributed by atoms with E-state index in [0.29, 0.717) is 30.1 Å². The predicted octanol–water partition coefficient (Wildman–Crippen LogP) is 2.71. The van der Waals surface area contributed by atoms with Crippen LogP contribution in [0.4, 0.5) is 0 Å². The fourth-order valence-corrected chi connectivity index (χ4v) is 3.48. The molecular formula is C16H18ClNO3. The van der Waals surface area contributed by atoms with E-state index < -0.39 is 0 Å². The Morgan fingerprint density at radius 2 is 1.95 bits per heavy atom. The van der Waals surface area contributed by atoms with E-state index in [4.69, 9.17) is 11.6 Å². The number of carbonyl (C=O) groups is 1. The highest BCUT2D eigenvalue weighted by Gasteiger charge is 2.28. The van der Waals surface area contributed by atoms with Gasteiger partial charge in [-0.15, -0.1) is 0 Å². The molecule has 1 aromatic rings. The Hall–Kier alpha value is -1.52. The maximum absolute atomic E-state index is 11.6. The highest BCUT2D eigenvalue weighted by molar-refractivity contribution is 6.31. The van der Waals surface area contributed by atoms with Gasteiger partial charge in [-0.05, 0) is 37.4 Å². The lowest BCUT2D eigenvalue weighted by atomic mass is 9.81. The molecule has 1 unspecified atom stereocenters. The molecule has 0 fully saturated rings. The molecule has 1 aliphatic carbocycles. The maximum atomic E-state index is 11.6. The molecule has 0 spiro atoms. The monoisotopic (exact) mass is 307 g/mol. The molecule has 0 aromatic heterocycles. The number of carbonyl (C=O) groups excluding carboxylic acids is 1. The molecule has 3 N–H and O–H groups in total. The highest BCUT2D eigenvalue weighted by atomic mass is 35.5. The van der Waals surface area contributed by atoms with E-state index >= 15 is 0 Å². The molecule has 0 radical (unpaired) electrons. The summed E-state index contributed by atoms with van der Waals surface area (Å²) in [6.07, 6.45) is 3.60. The van der Waals surface area contributed by atoms with Crippen molar-refractivity contribution in [2.24, 2.45) is 0 Å². The lowest BCUT2D eigenvalue weighted by molar-refractivity contribution is -0.118. The van der Waals surface area contributed by atoms with Gasteiger partial charge in [0.2, 0.25) is 0 Å². The van der Waals surface area contributed by atoms with Gasteiger partial charge in [0.25, 0.3) is 0 Å². The molecule has 0 saturated heterocycles. The van der Waals surface area contributed by atoms with E-state index in [1.54, 1.807) is 0 Å². The van der Waals surface area contributed by atoms with Crippen LogP contribution in [0.1, 0.15) is 31.2 Å². The van der Waals surface area contributed by atoms with Gasteiger partial charge < -0.3 is 15.5 Å². The predicted molar refractivity (Wildman–Crippen MR) is 80.8 cm³/mol. The molecule has 5 heteroatoms. The quantitative estimate of drug-likeness (QED) is 0.580. The minimum atomic E-state index is -0.205. The third kappa shape index (κ3) is 2.92. The summed E-state index contributed by atoms with van der Waals surface area (Å²) in [6, 6.07) is 3.04. The Labute approximate surface area is 128 Å². The smallest absolute Gasteiger partial charge is 0.158 e. The zero-order valence-electron chi connectivity index (χ0n) is 11.7. The lowest BCUT2D eigenvalue weighted by Gasteiger charge is -2.33. The first-order chi connectivity index (χ1) is 10.0. The number of benzene rings is 1. The van der Waals surface area contributed by atoms with Crippen molar-refractivity contribution in [1.29, 1.82) is 0 Å². The minimum absolute atomic E-state index is 0.154. The van der Waals surface area contributed by atoms with Crippen molar-refractivity contribution in [2.45, 2.75) is 38.1 Å². The second kappa shape index (κ2) is 5.70. The van der Waals surface area contributed by atoms with E-state index in [1.807, 2.05) is 0 Å². The van der Waals surface area contributed by atoms with Crippen molar-refractivity contribution in [3.8, 4) is 11.5 Å². The van der Waals surface area contributed by atoms with E-state index in [-0.39, 0.29) is 17.5 Å². The van der Waals surface area contributed by atoms with Crippen molar-refractivity contribution in [2.75, 3.05) is 6.54 Å². The molecule has 4 nitrogen and oxygen atoms in total. The molecular weight excluding hydrogens is 290 g/mol. The summed E-state index contributed by atoms with van der Waals surface area (Å²) >= 11 is 6.15. The molecule has 0 bridgehead atoms. The Morgan fingerprint density at radius 3 is 2.76 bits per heavy atom. The number of hydrogen-bond acceptors (Lipinski definition) is 4. The number of Topliss-reactive ketones (excluding diaryl/α,β-unsaturated/α-hetero) is 1. The first-order valence-electron chi connectivity index (χ1n) is 7.21. The van der Waals surface area contributed by atoms with Gasteiger partial charge >= 0.3 is 0 Å². The average molecular weight is 308 g/mol. The molecule has 3 rings (SSSR count). The summed E-state index contributed by atoms with van der Waals surface area (Å²) in [7, 11) is 0. The van der Waals surface area contributed by atoms with Gasteiger partial charge in [-0.3, -0.25) is 4.79 Å². The zero-order valence-corrected chi connectivity index (χ0v) is 12.4. The third-order valence-corrected chi connectivity index (χ3v) is 4.70. The van der Waals surface area contributed by atoms with Crippen LogP contribution >= 0.6 is 11.6 Å². The summed E-state index contributed by atoms with van der Waals surface area (Å²) in [5, 5.41) is 23.0. The summed E-state index contributed by atoms with van der Waals surface area (Å²) in [4.78, 5) is 11.6. The van der Waals surface area contributed by atoms with E-state index in [9.17, 15) is 15.0 Å². The van der Waals surface area contributed by atoms with Crippen LogP contribution in [-0.4, -0.2) is 28.6 Å². The Balaban J connectivity index is 1.86. The third-order valence-electron chi connectivity index (χ3n) is 4.34. The second-order valence-corrected chi connectivity index (χ2v) is 6.14. The van der Waals surface area contributed by atoms with Gasteiger partial charge in [0.15, 0.2) is 11.5 Å². The Morgan fingerprint density at radius 1 is 1.19 bits per heavy atom. The van der Waals surface area contributed by atoms with Gasteiger partial charge in [-0.1, -0.05) is 22.7 Å². The molecule has 1 aliphatic heterocycles. The highest BCUT2D eigenvalue weighted by Crippen LogP contribution is 2.35. The summed E-state index contributed by atoms with van der Waals surface area (Å²) < 4.78 is 0. The van der Waals surface area contributed by atoms with Crippen LogP contribution in [0, 0.1) is 0 Å². The number of rotatable bonds is 2. The van der Waals surface area contributed by atoms with Gasteiger partial charge in [0.1, 0.15) is 5.78 Å². The molecule has 2 aliphatic rings. The van der Waals surface area contributed by atoms with Gasteiger partial charge in [0, 0.05) is 30.0 Å². The number of ketones is 1. The van der Waals surface area contributed by atoms with Crippen LogP contribution in [0.5, 0.6) is 11.5 Å². The first-order valence-corrected chi connectivity index (χ1v) is 7.58. The number of phenols is 2. The fraction of sp³-hybridized carbons (Fsp3) is 0.438. The SMILES string of the molecule is O=C1CCC2=C(CCNC2Cc2cc(O)c(O)cc2Cl)C1. The number of phenolic OH excluding ortho intramolecular Hbond substituents is 2. The lowest BCUT2D eigenvalue weighted by Crippen LogP contribution is -2.40. The molecule has 1 heterocycles. The van der Waals surface area contributed by atoms with Crippen molar-refractivity contribution in [1.82, 2.24) is 5.32 Å². The van der Waals surface area contributed by atoms with Crippen molar-refractivity contribution < 1.29 is 15.0 Å². The first kappa shape index (κ1) is 14.4. The van der Waals surface area contributed by atoms with E-state index in [2.05, 4.69) is 5.32 Å². The van der Waals surface area contributed by atoms with Crippen LogP contribution in [0.3, 0.4) is 0 Å². The van der Waals surface area contributed by atoms with Crippen LogP contribution in [0.15, 0.2) is 23.3 Å². The van der Waals surface area contributed by atoms with Gasteiger partial charge in [-0.25, -0.2) is 0 Å². The van der Waals surface area contributed by atoms with E-state index in [0.717, 1.165) is 24.9 Å². The fourth-order valence-electron chi connectivity index (χ4n) is 3.25. The second-order valence-electron chi connectivity index (χ2n) is 5.74. The van der Waals surface area contributed by atoms with Crippen molar-refractivity contribution in [3.05, 3.63) is 33.9 Å². The van der Waals surface area contributed by atoms with Gasteiger partial charge in [0.05, 0.1) is 0 Å². The standard InChI is InChI=1S/C16H18ClNO3/c17-13-8-16(21)15(20)7-10(13)6-14-12-2-1-11(19)5-9(12)3-4-18-14/h7-8,14,18,20-21H,1-6H2. The van der Waals surface area contributed by atoms with E-state index in [1.165, 1.54) is 23.3 Å². The van der Waals surface area contributed by atoms with Crippen molar-refractivity contribution >= 4 is 17.4 Å².